The molecule has 0 unspecified atom stereocenters. The Balaban J connectivity index is 2.25. The average Bonchev–Trinajstić information content (AvgIpc) is 2.90. The number of hydrogen-bond acceptors (Lipinski definition) is 3. The van der Waals surface area contributed by atoms with E-state index in [9.17, 15) is 9.18 Å². The van der Waals surface area contributed by atoms with Gasteiger partial charge in [-0.2, -0.15) is 5.10 Å². The zero-order chi connectivity index (χ0) is 13.7. The van der Waals surface area contributed by atoms with E-state index >= 15 is 0 Å². The summed E-state index contributed by atoms with van der Waals surface area (Å²) in [6.45, 7) is 0.202. The first-order valence-corrected chi connectivity index (χ1v) is 5.49. The van der Waals surface area contributed by atoms with Gasteiger partial charge in [-0.1, -0.05) is 11.8 Å². The van der Waals surface area contributed by atoms with Crippen LogP contribution in [-0.4, -0.2) is 22.6 Å². The maximum Gasteiger partial charge on any atom is 0.258 e. The van der Waals surface area contributed by atoms with Gasteiger partial charge in [0.25, 0.3) is 5.91 Å². The molecule has 5 nitrogen and oxygen atoms in total. The number of aromatic nitrogens is 2. The third-order valence-electron chi connectivity index (χ3n) is 2.30. The number of carbonyl (C=O) groups is 1. The summed E-state index contributed by atoms with van der Waals surface area (Å²) in [4.78, 5) is 11.9. The van der Waals surface area contributed by atoms with Crippen molar-refractivity contribution in [2.24, 2.45) is 5.73 Å². The minimum atomic E-state index is -0.612. The molecule has 0 radical (unpaired) electrons. The second-order valence-electron chi connectivity index (χ2n) is 3.64. The Kier molecular flexibility index (Phi) is 3.90. The van der Waals surface area contributed by atoms with Crippen molar-refractivity contribution in [3.63, 3.8) is 0 Å². The molecule has 1 heterocycles. The summed E-state index contributed by atoms with van der Waals surface area (Å²) in [5.74, 6) is 4.22. The average molecular weight is 258 g/mol. The summed E-state index contributed by atoms with van der Waals surface area (Å²) in [5, 5.41) is 8.74. The minimum absolute atomic E-state index is 0.0787. The molecule has 0 bridgehead atoms. The van der Waals surface area contributed by atoms with Crippen molar-refractivity contribution < 1.29 is 9.18 Å². The standard InChI is InChI=1S/C13H11FN4O/c14-12-4-3-9(2-1-5-15)6-11(12)13(19)18-10-7-16-17-8-10/h3-4,6-8H,5,15H2,(H,16,17)(H,18,19). The van der Waals surface area contributed by atoms with Gasteiger partial charge in [-0.25, -0.2) is 4.39 Å². The fourth-order valence-corrected chi connectivity index (χ4v) is 1.45. The number of hydrogen-bond donors (Lipinski definition) is 3. The van der Waals surface area contributed by atoms with Crippen LogP contribution >= 0.6 is 0 Å². The summed E-state index contributed by atoms with van der Waals surface area (Å²) in [7, 11) is 0. The second kappa shape index (κ2) is 5.80. The second-order valence-corrected chi connectivity index (χ2v) is 3.64. The van der Waals surface area contributed by atoms with E-state index in [0.717, 1.165) is 0 Å². The summed E-state index contributed by atoms with van der Waals surface area (Å²) in [6, 6.07) is 4.07. The van der Waals surface area contributed by atoms with Crippen LogP contribution in [0.1, 0.15) is 15.9 Å². The van der Waals surface area contributed by atoms with Crippen LogP contribution in [-0.2, 0) is 0 Å². The highest BCUT2D eigenvalue weighted by atomic mass is 19.1. The Morgan fingerprint density at radius 2 is 2.37 bits per heavy atom. The van der Waals surface area contributed by atoms with E-state index in [2.05, 4.69) is 27.4 Å². The largest absolute Gasteiger partial charge is 0.320 e. The van der Waals surface area contributed by atoms with Gasteiger partial charge in [0.15, 0.2) is 0 Å². The first-order valence-electron chi connectivity index (χ1n) is 5.49. The molecule has 0 aliphatic heterocycles. The van der Waals surface area contributed by atoms with Crippen molar-refractivity contribution in [1.82, 2.24) is 10.2 Å². The lowest BCUT2D eigenvalue weighted by molar-refractivity contribution is 0.102. The van der Waals surface area contributed by atoms with E-state index in [0.29, 0.717) is 11.3 Å². The van der Waals surface area contributed by atoms with E-state index in [1.165, 1.54) is 30.6 Å². The van der Waals surface area contributed by atoms with Gasteiger partial charge in [0.1, 0.15) is 5.82 Å². The number of H-pyrrole nitrogens is 1. The Hall–Kier alpha value is -2.65. The molecule has 0 aliphatic carbocycles. The van der Waals surface area contributed by atoms with E-state index in [1.54, 1.807) is 0 Å². The predicted octanol–water partition coefficient (Wildman–Crippen LogP) is 1.11. The highest BCUT2D eigenvalue weighted by molar-refractivity contribution is 6.04. The van der Waals surface area contributed by atoms with Crippen molar-refractivity contribution in [3.05, 3.63) is 47.5 Å². The van der Waals surface area contributed by atoms with Crippen molar-refractivity contribution in [3.8, 4) is 11.8 Å². The summed E-state index contributed by atoms with van der Waals surface area (Å²) < 4.78 is 13.6. The van der Waals surface area contributed by atoms with Crippen molar-refractivity contribution in [1.29, 1.82) is 0 Å². The zero-order valence-corrected chi connectivity index (χ0v) is 9.90. The Morgan fingerprint density at radius 1 is 1.53 bits per heavy atom. The van der Waals surface area contributed by atoms with Gasteiger partial charge in [0.05, 0.1) is 24.0 Å². The number of nitrogens with two attached hydrogens (primary N) is 1. The number of anilines is 1. The first kappa shape index (κ1) is 12.8. The van der Waals surface area contributed by atoms with Gasteiger partial charge in [0.2, 0.25) is 0 Å². The normalized spacial score (nSPS) is 9.58. The molecule has 1 aromatic heterocycles. The fraction of sp³-hybridized carbons (Fsp3) is 0.0769. The summed E-state index contributed by atoms with van der Waals surface area (Å²) >= 11 is 0. The number of aromatic amines is 1. The van der Waals surface area contributed by atoms with Gasteiger partial charge in [-0.15, -0.1) is 0 Å². The van der Waals surface area contributed by atoms with Crippen LogP contribution in [0.25, 0.3) is 0 Å². The van der Waals surface area contributed by atoms with E-state index in [4.69, 9.17) is 5.73 Å². The number of nitrogens with zero attached hydrogens (tertiary/aromatic N) is 1. The highest BCUT2D eigenvalue weighted by Crippen LogP contribution is 2.12. The maximum absolute atomic E-state index is 13.6. The maximum atomic E-state index is 13.6. The fourth-order valence-electron chi connectivity index (χ4n) is 1.45. The van der Waals surface area contributed by atoms with E-state index < -0.39 is 11.7 Å². The third kappa shape index (κ3) is 3.18. The lowest BCUT2D eigenvalue weighted by Gasteiger charge is -2.04. The van der Waals surface area contributed by atoms with Crippen LogP contribution in [0.5, 0.6) is 0 Å². The number of halogens is 1. The quantitative estimate of drug-likeness (QED) is 0.705. The van der Waals surface area contributed by atoms with E-state index in [-0.39, 0.29) is 12.1 Å². The Labute approximate surface area is 109 Å². The Morgan fingerprint density at radius 3 is 3.05 bits per heavy atom. The number of nitrogens with one attached hydrogen (secondary N) is 2. The molecule has 0 atom stereocenters. The van der Waals surface area contributed by atoms with Crippen LogP contribution in [0.15, 0.2) is 30.6 Å². The van der Waals surface area contributed by atoms with Gasteiger partial charge >= 0.3 is 0 Å². The molecule has 19 heavy (non-hydrogen) atoms. The number of benzene rings is 1. The number of carbonyl (C=O) groups excluding carboxylic acids is 1. The van der Waals surface area contributed by atoms with E-state index in [1.807, 2.05) is 0 Å². The van der Waals surface area contributed by atoms with Crippen molar-refractivity contribution in [2.75, 3.05) is 11.9 Å². The summed E-state index contributed by atoms with van der Waals surface area (Å²) in [5.41, 5.74) is 6.17. The van der Waals surface area contributed by atoms with Crippen LogP contribution in [0, 0.1) is 17.7 Å². The molecule has 4 N–H and O–H groups in total. The molecule has 1 amide bonds. The predicted molar refractivity (Wildman–Crippen MR) is 68.9 cm³/mol. The smallest absolute Gasteiger partial charge is 0.258 e. The molecule has 96 valence electrons. The molecule has 6 heteroatoms. The van der Waals surface area contributed by atoms with Crippen molar-refractivity contribution >= 4 is 11.6 Å². The third-order valence-corrected chi connectivity index (χ3v) is 2.30. The van der Waals surface area contributed by atoms with Crippen LogP contribution < -0.4 is 11.1 Å². The lowest BCUT2D eigenvalue weighted by Crippen LogP contribution is -2.13. The Bertz CT molecular complexity index is 640. The van der Waals surface area contributed by atoms with Gasteiger partial charge < -0.3 is 11.1 Å². The van der Waals surface area contributed by atoms with Crippen LogP contribution in [0.2, 0.25) is 0 Å². The lowest BCUT2D eigenvalue weighted by atomic mass is 10.1. The number of rotatable bonds is 2. The molecule has 0 spiro atoms. The number of amides is 1. The minimum Gasteiger partial charge on any atom is -0.320 e. The molecule has 0 aliphatic rings. The van der Waals surface area contributed by atoms with Gasteiger partial charge in [-0.05, 0) is 18.2 Å². The molecular formula is C13H11FN4O. The first-order chi connectivity index (χ1) is 9.20. The molecular weight excluding hydrogens is 247 g/mol. The topological polar surface area (TPSA) is 83.8 Å². The van der Waals surface area contributed by atoms with Gasteiger partial charge in [0, 0.05) is 11.8 Å². The van der Waals surface area contributed by atoms with Crippen molar-refractivity contribution in [2.45, 2.75) is 0 Å². The highest BCUT2D eigenvalue weighted by Gasteiger charge is 2.12. The van der Waals surface area contributed by atoms with Crippen LogP contribution in [0.3, 0.4) is 0 Å². The zero-order valence-electron chi connectivity index (χ0n) is 9.90. The molecule has 0 fully saturated rings. The molecule has 0 saturated carbocycles. The van der Waals surface area contributed by atoms with Gasteiger partial charge in [-0.3, -0.25) is 9.89 Å². The van der Waals surface area contributed by atoms with Crippen LogP contribution in [0.4, 0.5) is 10.1 Å². The SMILES string of the molecule is NCC#Cc1ccc(F)c(C(=O)Nc2cn[nH]c2)c1. The summed E-state index contributed by atoms with van der Waals surface area (Å²) in [6.07, 6.45) is 2.92. The molecule has 0 saturated heterocycles. The molecule has 2 aromatic rings. The monoisotopic (exact) mass is 258 g/mol. The molecule has 1 aromatic carbocycles. The molecule has 2 rings (SSSR count).